The van der Waals surface area contributed by atoms with E-state index in [1.54, 1.807) is 6.92 Å². The standard InChI is InChI=1S/C59H34O3/c1-2-61-52(60)36-62-59(33-30-37-12-15-46-21-18-40-6-3-9-43-24-27-49(37)56(46)53(40)43,34-31-38-13-16-47-22-19-41-7-4-10-44-25-28-50(38)57(47)54(41)44)35-32-39-14-17-48-23-20-42-8-5-11-45-26-29-51(39)58(48)55(42)45/h3-29H,2,36H2,1H3. The van der Waals surface area contributed by atoms with E-state index in [9.17, 15) is 4.79 Å². The van der Waals surface area contributed by atoms with Gasteiger partial charge in [-0.2, -0.15) is 0 Å². The first-order valence-corrected chi connectivity index (χ1v) is 20.9. The maximum atomic E-state index is 13.1. The molecule has 0 unspecified atom stereocenters. The largest absolute Gasteiger partial charge is 0.464 e. The Bertz CT molecular complexity index is 3540. The topological polar surface area (TPSA) is 35.5 Å². The number of carbonyl (C=O) groups is 1. The van der Waals surface area contributed by atoms with Gasteiger partial charge in [0, 0.05) is 16.7 Å². The van der Waals surface area contributed by atoms with E-state index >= 15 is 0 Å². The SMILES string of the molecule is CCOC(=O)COC(C#Cc1ccc2ccc3cccc4ccc1c2c34)(C#Cc1ccc2ccc3cccc4ccc1c2c34)C#Cc1ccc2ccc3cccc4ccc1c2c34. The average Bonchev–Trinajstić information content (AvgIpc) is 3.32. The Morgan fingerprint density at radius 1 is 0.403 bits per heavy atom. The number of carbonyl (C=O) groups excluding carboxylic acids is 1. The summed E-state index contributed by atoms with van der Waals surface area (Å²) in [6.07, 6.45) is 0. The van der Waals surface area contributed by atoms with Gasteiger partial charge in [0.15, 0.2) is 0 Å². The van der Waals surface area contributed by atoms with Crippen LogP contribution in [-0.2, 0) is 14.3 Å². The highest BCUT2D eigenvalue weighted by molar-refractivity contribution is 6.26. The molecule has 3 nitrogen and oxygen atoms in total. The lowest BCUT2D eigenvalue weighted by molar-refractivity contribution is -0.149. The second kappa shape index (κ2) is 14.0. The highest BCUT2D eigenvalue weighted by Gasteiger charge is 2.27. The summed E-state index contributed by atoms with van der Waals surface area (Å²) in [5.41, 5.74) is 0.724. The van der Waals surface area contributed by atoms with Crippen LogP contribution in [0.1, 0.15) is 23.6 Å². The van der Waals surface area contributed by atoms with Crippen molar-refractivity contribution in [2.45, 2.75) is 12.5 Å². The summed E-state index contributed by atoms with van der Waals surface area (Å²) in [6.45, 7) is 1.61. The molecule has 288 valence electrons. The van der Waals surface area contributed by atoms with Crippen molar-refractivity contribution in [2.75, 3.05) is 13.2 Å². The Kier molecular flexibility index (Phi) is 8.07. The van der Waals surface area contributed by atoms with Crippen LogP contribution in [-0.4, -0.2) is 24.8 Å². The Hall–Kier alpha value is -8.13. The van der Waals surface area contributed by atoms with E-state index in [1.165, 1.54) is 48.5 Å². The summed E-state index contributed by atoms with van der Waals surface area (Å²) in [6, 6.07) is 57.6. The van der Waals surface area contributed by atoms with Gasteiger partial charge in [-0.05, 0) is 140 Å². The van der Waals surface area contributed by atoms with Gasteiger partial charge in [-0.25, -0.2) is 4.79 Å². The summed E-state index contributed by atoms with van der Waals surface area (Å²) in [5.74, 6) is 20.3. The van der Waals surface area contributed by atoms with E-state index in [4.69, 9.17) is 9.47 Å². The third-order valence-corrected chi connectivity index (χ3v) is 12.4. The van der Waals surface area contributed by atoms with Crippen LogP contribution < -0.4 is 0 Å². The highest BCUT2D eigenvalue weighted by Crippen LogP contribution is 2.39. The molecule has 12 aromatic carbocycles. The van der Waals surface area contributed by atoms with Gasteiger partial charge in [0.2, 0.25) is 0 Å². The van der Waals surface area contributed by atoms with Gasteiger partial charge in [-0.3, -0.25) is 0 Å². The highest BCUT2D eigenvalue weighted by atomic mass is 16.6. The molecule has 12 rings (SSSR count). The van der Waals surface area contributed by atoms with Crippen molar-refractivity contribution in [3.63, 3.8) is 0 Å². The van der Waals surface area contributed by atoms with Crippen molar-refractivity contribution in [1.29, 1.82) is 0 Å². The molecule has 0 aliphatic carbocycles. The summed E-state index contributed by atoms with van der Waals surface area (Å²) >= 11 is 0. The van der Waals surface area contributed by atoms with E-state index in [-0.39, 0.29) is 13.2 Å². The molecule has 0 radical (unpaired) electrons. The lowest BCUT2D eigenvalue weighted by atomic mass is 9.91. The molecule has 3 heteroatoms. The van der Waals surface area contributed by atoms with Crippen molar-refractivity contribution >= 4 is 103 Å². The summed E-state index contributed by atoms with van der Waals surface area (Å²) in [5, 5.41) is 20.7. The number of hydrogen-bond acceptors (Lipinski definition) is 3. The van der Waals surface area contributed by atoms with Crippen LogP contribution in [0.25, 0.3) is 97.0 Å². The molecular formula is C59H34O3. The smallest absolute Gasteiger partial charge is 0.332 e. The molecule has 0 aliphatic heterocycles. The summed E-state index contributed by atoms with van der Waals surface area (Å²) in [4.78, 5) is 13.1. The van der Waals surface area contributed by atoms with E-state index in [1.807, 2.05) is 18.2 Å². The van der Waals surface area contributed by atoms with Gasteiger partial charge >= 0.3 is 5.97 Å². The van der Waals surface area contributed by atoms with E-state index < -0.39 is 11.6 Å². The van der Waals surface area contributed by atoms with E-state index in [0.717, 1.165) is 65.2 Å². The molecule has 0 heterocycles. The molecule has 0 aliphatic rings. The Morgan fingerprint density at radius 2 is 0.694 bits per heavy atom. The van der Waals surface area contributed by atoms with Crippen LogP contribution in [0, 0.1) is 35.5 Å². The van der Waals surface area contributed by atoms with Crippen LogP contribution in [0.2, 0.25) is 0 Å². The molecule has 0 spiro atoms. The van der Waals surface area contributed by atoms with Gasteiger partial charge < -0.3 is 9.47 Å². The minimum absolute atomic E-state index is 0.215. The van der Waals surface area contributed by atoms with Crippen LogP contribution in [0.5, 0.6) is 0 Å². The second-order valence-corrected chi connectivity index (χ2v) is 15.9. The molecule has 0 atom stereocenters. The zero-order valence-electron chi connectivity index (χ0n) is 33.7. The van der Waals surface area contributed by atoms with Gasteiger partial charge in [-0.15, -0.1) is 0 Å². The first-order chi connectivity index (χ1) is 30.5. The predicted molar refractivity (Wildman–Crippen MR) is 256 cm³/mol. The predicted octanol–water partition coefficient (Wildman–Crippen LogP) is 13.2. The van der Waals surface area contributed by atoms with Gasteiger partial charge in [0.1, 0.15) is 6.61 Å². The average molecular weight is 791 g/mol. The zero-order chi connectivity index (χ0) is 41.4. The molecule has 0 amide bonds. The second-order valence-electron chi connectivity index (χ2n) is 15.9. The molecule has 0 aromatic heterocycles. The monoisotopic (exact) mass is 790 g/mol. The van der Waals surface area contributed by atoms with Crippen molar-refractivity contribution in [2.24, 2.45) is 0 Å². The van der Waals surface area contributed by atoms with Crippen LogP contribution >= 0.6 is 0 Å². The lowest BCUT2D eigenvalue weighted by Crippen LogP contribution is -2.31. The molecule has 0 fully saturated rings. The molecule has 0 saturated heterocycles. The maximum absolute atomic E-state index is 13.1. The Labute approximate surface area is 357 Å². The van der Waals surface area contributed by atoms with Crippen molar-refractivity contribution in [3.05, 3.63) is 180 Å². The molecule has 0 saturated carbocycles. The minimum Gasteiger partial charge on any atom is -0.464 e. The third-order valence-electron chi connectivity index (χ3n) is 12.4. The lowest BCUT2D eigenvalue weighted by Gasteiger charge is -2.18. The molecular weight excluding hydrogens is 757 g/mol. The first-order valence-electron chi connectivity index (χ1n) is 20.9. The van der Waals surface area contributed by atoms with Gasteiger partial charge in [0.05, 0.1) is 6.61 Å². The molecule has 62 heavy (non-hydrogen) atoms. The number of esters is 1. The van der Waals surface area contributed by atoms with Crippen molar-refractivity contribution < 1.29 is 14.3 Å². The van der Waals surface area contributed by atoms with E-state index in [0.29, 0.717) is 0 Å². The first kappa shape index (κ1) is 35.8. The summed E-state index contributed by atoms with van der Waals surface area (Å²) < 4.78 is 12.0. The van der Waals surface area contributed by atoms with Crippen LogP contribution in [0.4, 0.5) is 0 Å². The Balaban J connectivity index is 1.10. The van der Waals surface area contributed by atoms with Crippen molar-refractivity contribution in [1.82, 2.24) is 0 Å². The third kappa shape index (κ3) is 5.67. The van der Waals surface area contributed by atoms with Crippen molar-refractivity contribution in [3.8, 4) is 35.5 Å². The quantitative estimate of drug-likeness (QED) is 0.101. The molecule has 0 bridgehead atoms. The number of rotatable bonds is 4. The molecule has 12 aromatic rings. The normalized spacial score (nSPS) is 11.8. The van der Waals surface area contributed by atoms with Gasteiger partial charge in [-0.1, -0.05) is 163 Å². The zero-order valence-corrected chi connectivity index (χ0v) is 33.7. The number of ether oxygens (including phenoxy) is 2. The maximum Gasteiger partial charge on any atom is 0.332 e. The molecule has 0 N–H and O–H groups in total. The van der Waals surface area contributed by atoms with Crippen LogP contribution in [0.15, 0.2) is 164 Å². The van der Waals surface area contributed by atoms with Gasteiger partial charge in [0.25, 0.3) is 5.60 Å². The van der Waals surface area contributed by atoms with Crippen LogP contribution in [0.3, 0.4) is 0 Å². The summed E-state index contributed by atoms with van der Waals surface area (Å²) in [7, 11) is 0. The minimum atomic E-state index is -1.72. The fourth-order valence-corrected chi connectivity index (χ4v) is 9.57. The number of benzene rings is 12. The number of hydrogen-bond donors (Lipinski definition) is 0. The Morgan fingerprint density at radius 3 is 1.02 bits per heavy atom. The fraction of sp³-hybridized carbons (Fsp3) is 0.0678. The van der Waals surface area contributed by atoms with E-state index in [2.05, 4.69) is 181 Å². The fourth-order valence-electron chi connectivity index (χ4n) is 9.57.